The Morgan fingerprint density at radius 1 is 1.62 bits per heavy atom. The third kappa shape index (κ3) is 1.23. The van der Waals surface area contributed by atoms with Gasteiger partial charge in [-0.1, -0.05) is 39.0 Å². The fourth-order valence-corrected chi connectivity index (χ4v) is 1.93. The van der Waals surface area contributed by atoms with E-state index in [4.69, 9.17) is 0 Å². The Hall–Kier alpha value is -0.980. The van der Waals surface area contributed by atoms with Crippen LogP contribution in [0.3, 0.4) is 0 Å². The lowest BCUT2D eigenvalue weighted by Gasteiger charge is -2.39. The van der Waals surface area contributed by atoms with Crippen LogP contribution in [0.1, 0.15) is 26.7 Å². The zero-order chi connectivity index (χ0) is 9.42. The SMILES string of the molecule is C=C1C2=C(CC=C2)N1CC(C)CC. The van der Waals surface area contributed by atoms with Crippen molar-refractivity contribution >= 4 is 0 Å². The highest BCUT2D eigenvalue weighted by Gasteiger charge is 2.31. The standard InChI is InChI=1S/C12H17N/c1-4-9(2)8-13-10(3)11-6-5-7-12(11)13/h5-6,9H,3-4,7-8H2,1-2H3. The van der Waals surface area contributed by atoms with Crippen molar-refractivity contribution in [1.82, 2.24) is 4.90 Å². The monoisotopic (exact) mass is 175 g/mol. The van der Waals surface area contributed by atoms with Gasteiger partial charge in [0.15, 0.2) is 0 Å². The minimum absolute atomic E-state index is 0.770. The highest BCUT2D eigenvalue weighted by Crippen LogP contribution is 2.40. The molecule has 0 spiro atoms. The van der Waals surface area contributed by atoms with Crippen LogP contribution in [0.25, 0.3) is 0 Å². The predicted molar refractivity (Wildman–Crippen MR) is 56.1 cm³/mol. The quantitative estimate of drug-likeness (QED) is 0.637. The van der Waals surface area contributed by atoms with Crippen molar-refractivity contribution in [3.05, 3.63) is 35.7 Å². The first-order valence-corrected chi connectivity index (χ1v) is 5.10. The lowest BCUT2D eigenvalue weighted by molar-refractivity contribution is 0.323. The zero-order valence-electron chi connectivity index (χ0n) is 8.51. The zero-order valence-corrected chi connectivity index (χ0v) is 8.51. The molecule has 1 aliphatic carbocycles. The average molecular weight is 175 g/mol. The van der Waals surface area contributed by atoms with E-state index in [0.717, 1.165) is 18.9 Å². The number of nitrogens with zero attached hydrogens (tertiary/aromatic N) is 1. The first-order chi connectivity index (χ1) is 6.24. The van der Waals surface area contributed by atoms with E-state index in [1.54, 1.807) is 0 Å². The Labute approximate surface area is 80.4 Å². The second-order valence-electron chi connectivity index (χ2n) is 4.04. The maximum absolute atomic E-state index is 4.09. The third-order valence-electron chi connectivity index (χ3n) is 3.06. The summed E-state index contributed by atoms with van der Waals surface area (Å²) in [4.78, 5) is 2.38. The van der Waals surface area contributed by atoms with E-state index in [9.17, 15) is 0 Å². The molecule has 2 aliphatic rings. The molecule has 0 aromatic rings. The maximum Gasteiger partial charge on any atom is 0.0426 e. The van der Waals surface area contributed by atoms with Gasteiger partial charge in [-0.25, -0.2) is 0 Å². The van der Waals surface area contributed by atoms with Crippen molar-refractivity contribution < 1.29 is 0 Å². The van der Waals surface area contributed by atoms with E-state index < -0.39 is 0 Å². The summed E-state index contributed by atoms with van der Waals surface area (Å²) in [5.41, 5.74) is 4.11. The Morgan fingerprint density at radius 3 is 3.08 bits per heavy atom. The van der Waals surface area contributed by atoms with Crippen molar-refractivity contribution in [2.45, 2.75) is 26.7 Å². The van der Waals surface area contributed by atoms with Crippen LogP contribution < -0.4 is 0 Å². The summed E-state index contributed by atoms with van der Waals surface area (Å²) in [6.07, 6.45) is 6.79. The number of hydrogen-bond acceptors (Lipinski definition) is 1. The summed E-state index contributed by atoms with van der Waals surface area (Å²) in [7, 11) is 0. The number of rotatable bonds is 3. The lowest BCUT2D eigenvalue weighted by atomic mass is 9.99. The Bertz CT molecular complexity index is 296. The van der Waals surface area contributed by atoms with Crippen LogP contribution in [0.15, 0.2) is 35.7 Å². The van der Waals surface area contributed by atoms with E-state index in [-0.39, 0.29) is 0 Å². The molecular formula is C12H17N. The third-order valence-corrected chi connectivity index (χ3v) is 3.06. The summed E-state index contributed by atoms with van der Waals surface area (Å²) in [5, 5.41) is 0. The molecule has 1 unspecified atom stereocenters. The van der Waals surface area contributed by atoms with Gasteiger partial charge >= 0.3 is 0 Å². The lowest BCUT2D eigenvalue weighted by Crippen LogP contribution is -2.34. The van der Waals surface area contributed by atoms with Gasteiger partial charge < -0.3 is 4.90 Å². The fraction of sp³-hybridized carbons (Fsp3) is 0.500. The van der Waals surface area contributed by atoms with Gasteiger partial charge in [-0.3, -0.25) is 0 Å². The van der Waals surface area contributed by atoms with Crippen molar-refractivity contribution in [1.29, 1.82) is 0 Å². The molecule has 1 heteroatoms. The summed E-state index contributed by atoms with van der Waals surface area (Å²) in [6, 6.07) is 0. The summed E-state index contributed by atoms with van der Waals surface area (Å²) in [5.74, 6) is 0.770. The predicted octanol–water partition coefficient (Wildman–Crippen LogP) is 3.08. The summed E-state index contributed by atoms with van der Waals surface area (Å²) in [6.45, 7) is 9.78. The summed E-state index contributed by atoms with van der Waals surface area (Å²) < 4.78 is 0. The van der Waals surface area contributed by atoms with Crippen molar-refractivity contribution in [2.24, 2.45) is 5.92 Å². The van der Waals surface area contributed by atoms with E-state index in [1.807, 2.05) is 0 Å². The van der Waals surface area contributed by atoms with Gasteiger partial charge in [0, 0.05) is 29.9 Å². The molecule has 0 amide bonds. The molecule has 1 aliphatic heterocycles. The molecule has 1 heterocycles. The second kappa shape index (κ2) is 3.06. The maximum atomic E-state index is 4.09. The first-order valence-electron chi connectivity index (χ1n) is 5.10. The van der Waals surface area contributed by atoms with Crippen LogP contribution in [-0.2, 0) is 0 Å². The van der Waals surface area contributed by atoms with Gasteiger partial charge in [-0.15, -0.1) is 0 Å². The molecule has 0 fully saturated rings. The van der Waals surface area contributed by atoms with Gasteiger partial charge in [0.25, 0.3) is 0 Å². The van der Waals surface area contributed by atoms with Gasteiger partial charge in [0.1, 0.15) is 0 Å². The summed E-state index contributed by atoms with van der Waals surface area (Å²) >= 11 is 0. The van der Waals surface area contributed by atoms with Crippen LogP contribution in [0.5, 0.6) is 0 Å². The molecule has 0 saturated heterocycles. The topological polar surface area (TPSA) is 3.24 Å². The minimum atomic E-state index is 0.770. The molecule has 2 rings (SSSR count). The molecule has 70 valence electrons. The van der Waals surface area contributed by atoms with Crippen molar-refractivity contribution in [2.75, 3.05) is 6.54 Å². The van der Waals surface area contributed by atoms with E-state index in [2.05, 4.69) is 37.5 Å². The Balaban J connectivity index is 2.02. The average Bonchev–Trinajstić information content (AvgIpc) is 2.58. The fourth-order valence-electron chi connectivity index (χ4n) is 1.93. The molecular weight excluding hydrogens is 158 g/mol. The van der Waals surface area contributed by atoms with Crippen LogP contribution in [0, 0.1) is 5.92 Å². The highest BCUT2D eigenvalue weighted by molar-refractivity contribution is 5.55. The van der Waals surface area contributed by atoms with Crippen LogP contribution in [0.4, 0.5) is 0 Å². The van der Waals surface area contributed by atoms with Crippen molar-refractivity contribution in [3.63, 3.8) is 0 Å². The highest BCUT2D eigenvalue weighted by atomic mass is 15.2. The van der Waals surface area contributed by atoms with Crippen molar-refractivity contribution in [3.8, 4) is 0 Å². The van der Waals surface area contributed by atoms with E-state index in [1.165, 1.54) is 23.4 Å². The number of allylic oxidation sites excluding steroid dienone is 2. The smallest absolute Gasteiger partial charge is 0.0426 e. The number of hydrogen-bond donors (Lipinski definition) is 0. The largest absolute Gasteiger partial charge is 0.344 e. The van der Waals surface area contributed by atoms with Crippen LogP contribution in [0.2, 0.25) is 0 Å². The molecule has 0 saturated carbocycles. The van der Waals surface area contributed by atoms with E-state index in [0.29, 0.717) is 0 Å². The van der Waals surface area contributed by atoms with Gasteiger partial charge in [-0.2, -0.15) is 0 Å². The second-order valence-corrected chi connectivity index (χ2v) is 4.04. The molecule has 0 aromatic carbocycles. The van der Waals surface area contributed by atoms with Crippen LogP contribution in [-0.4, -0.2) is 11.4 Å². The van der Waals surface area contributed by atoms with Gasteiger partial charge in [-0.05, 0) is 5.92 Å². The Kier molecular flexibility index (Phi) is 2.03. The minimum Gasteiger partial charge on any atom is -0.344 e. The molecule has 1 atom stereocenters. The van der Waals surface area contributed by atoms with E-state index >= 15 is 0 Å². The van der Waals surface area contributed by atoms with Gasteiger partial charge in [0.05, 0.1) is 0 Å². The Morgan fingerprint density at radius 2 is 2.38 bits per heavy atom. The first kappa shape index (κ1) is 8.61. The van der Waals surface area contributed by atoms with Gasteiger partial charge in [0.2, 0.25) is 0 Å². The van der Waals surface area contributed by atoms with Crippen LogP contribution >= 0.6 is 0 Å². The molecule has 0 radical (unpaired) electrons. The molecule has 13 heavy (non-hydrogen) atoms. The normalized spacial score (nSPS) is 22.0. The molecule has 0 N–H and O–H groups in total. The molecule has 0 aromatic heterocycles. The molecule has 1 nitrogen and oxygen atoms in total. The molecule has 0 bridgehead atoms.